The molecule has 0 aliphatic rings. The van der Waals surface area contributed by atoms with E-state index in [1.807, 2.05) is 0 Å². The quantitative estimate of drug-likeness (QED) is 0.479. The number of primary amides is 2. The van der Waals surface area contributed by atoms with Gasteiger partial charge in [-0.2, -0.15) is 0 Å². The number of hydrogen-bond acceptors (Lipinski definition) is 4. The number of alkyl halides is 4. The van der Waals surface area contributed by atoms with Crippen LogP contribution in [0.4, 0.5) is 17.6 Å². The van der Waals surface area contributed by atoms with Gasteiger partial charge < -0.3 is 22.9 Å². The molecule has 2 atom stereocenters. The van der Waals surface area contributed by atoms with Gasteiger partial charge in [-0.3, -0.25) is 9.59 Å². The molecule has 0 bridgehead atoms. The van der Waals surface area contributed by atoms with E-state index in [0.29, 0.717) is 0 Å². The van der Waals surface area contributed by atoms with Crippen LogP contribution < -0.4 is 22.9 Å². The summed E-state index contributed by atoms with van der Waals surface area (Å²) in [6.45, 7) is 5.39. The maximum absolute atomic E-state index is 12.2. The maximum atomic E-state index is 12.2. The highest BCUT2D eigenvalue weighted by Crippen LogP contribution is 2.30. The Labute approximate surface area is 139 Å². The van der Waals surface area contributed by atoms with Gasteiger partial charge in [-0.25, -0.2) is 17.6 Å². The van der Waals surface area contributed by atoms with Crippen molar-refractivity contribution in [3.63, 3.8) is 0 Å². The fourth-order valence-corrected chi connectivity index (χ4v) is 1.51. The molecule has 0 aromatic rings. The zero-order chi connectivity index (χ0) is 19.9. The highest BCUT2D eigenvalue weighted by atomic mass is 19.3. The molecule has 0 heterocycles. The van der Waals surface area contributed by atoms with Gasteiger partial charge in [0.2, 0.25) is 24.7 Å². The van der Waals surface area contributed by atoms with Gasteiger partial charge in [0.05, 0.1) is 12.1 Å². The topological polar surface area (TPSA) is 138 Å². The molecule has 0 unspecified atom stereocenters. The molecule has 10 heteroatoms. The van der Waals surface area contributed by atoms with Gasteiger partial charge in [0, 0.05) is 10.8 Å². The molecule has 0 radical (unpaired) electrons. The summed E-state index contributed by atoms with van der Waals surface area (Å²) >= 11 is 0. The van der Waals surface area contributed by atoms with E-state index in [2.05, 4.69) is 0 Å². The third kappa shape index (κ3) is 9.66. The molecule has 6 nitrogen and oxygen atoms in total. The lowest BCUT2D eigenvalue weighted by molar-refractivity contribution is -0.121. The van der Waals surface area contributed by atoms with E-state index < -0.39 is 47.6 Å². The van der Waals surface area contributed by atoms with Gasteiger partial charge in [0.1, 0.15) is 0 Å². The van der Waals surface area contributed by atoms with Crippen LogP contribution in [0.25, 0.3) is 0 Å². The van der Waals surface area contributed by atoms with Crippen LogP contribution in [-0.2, 0) is 9.59 Å². The Balaban J connectivity index is 0. The first kappa shape index (κ1) is 24.8. The van der Waals surface area contributed by atoms with Crippen molar-refractivity contribution in [3.05, 3.63) is 0 Å². The first-order valence-electron chi connectivity index (χ1n) is 7.20. The van der Waals surface area contributed by atoms with Crippen LogP contribution in [0.1, 0.15) is 40.5 Å². The molecule has 0 spiro atoms. The fourth-order valence-electron chi connectivity index (χ4n) is 1.51. The number of carbonyl (C=O) groups excluding carboxylic acids is 2. The van der Waals surface area contributed by atoms with Crippen molar-refractivity contribution in [2.24, 2.45) is 33.8 Å². The summed E-state index contributed by atoms with van der Waals surface area (Å²) in [7, 11) is 0. The van der Waals surface area contributed by atoms with Gasteiger partial charge in [-0.05, 0) is 12.8 Å². The average molecular weight is 360 g/mol. The van der Waals surface area contributed by atoms with Crippen molar-refractivity contribution in [1.29, 1.82) is 0 Å². The number of hydrogen-bond donors (Lipinski definition) is 4. The van der Waals surface area contributed by atoms with Crippen molar-refractivity contribution >= 4 is 11.8 Å². The van der Waals surface area contributed by atoms with Crippen LogP contribution in [0.2, 0.25) is 0 Å². The Hall–Kier alpha value is -1.42. The monoisotopic (exact) mass is 360 g/mol. The SMILES string of the molecule is CC(C)(C[C@@H](N)C(N)=O)C(F)F.CC(C)(C[C@H](N)C(N)=O)C(F)F. The second-order valence-corrected chi connectivity index (χ2v) is 7.00. The Kier molecular flexibility index (Phi) is 10.1. The minimum atomic E-state index is -2.50. The Morgan fingerprint density at radius 2 is 0.958 bits per heavy atom. The third-order valence-electron chi connectivity index (χ3n) is 3.40. The summed E-state index contributed by atoms with van der Waals surface area (Å²) in [5.41, 5.74) is 17.6. The standard InChI is InChI=1S/2C7H14F2N2O/c2*1-7(2,6(8)9)3-4(10)5(11)12/h2*4,6H,3,10H2,1-2H3,(H2,11,12)/t2*4-/m10/s1. The van der Waals surface area contributed by atoms with E-state index in [0.717, 1.165) is 0 Å². The van der Waals surface area contributed by atoms with Gasteiger partial charge in [-0.15, -0.1) is 0 Å². The maximum Gasteiger partial charge on any atom is 0.243 e. The van der Waals surface area contributed by atoms with Crippen molar-refractivity contribution < 1.29 is 27.2 Å². The molecule has 2 amide bonds. The molecule has 144 valence electrons. The molecule has 0 aliphatic carbocycles. The van der Waals surface area contributed by atoms with E-state index in [1.165, 1.54) is 27.7 Å². The molecule has 24 heavy (non-hydrogen) atoms. The second kappa shape index (κ2) is 9.77. The molecule has 0 saturated heterocycles. The molecule has 0 aromatic carbocycles. The highest BCUT2D eigenvalue weighted by Gasteiger charge is 2.33. The van der Waals surface area contributed by atoms with Crippen LogP contribution in [0.5, 0.6) is 0 Å². The van der Waals surface area contributed by atoms with Gasteiger partial charge in [0.25, 0.3) is 0 Å². The van der Waals surface area contributed by atoms with Crippen LogP contribution in [0, 0.1) is 10.8 Å². The largest absolute Gasteiger partial charge is 0.368 e. The predicted molar refractivity (Wildman–Crippen MR) is 83.1 cm³/mol. The van der Waals surface area contributed by atoms with E-state index in [9.17, 15) is 27.2 Å². The van der Waals surface area contributed by atoms with Crippen molar-refractivity contribution in [2.45, 2.75) is 65.5 Å². The molecule has 0 aliphatic heterocycles. The second-order valence-electron chi connectivity index (χ2n) is 7.00. The Morgan fingerprint density at radius 3 is 1.08 bits per heavy atom. The van der Waals surface area contributed by atoms with E-state index in [1.54, 1.807) is 0 Å². The summed E-state index contributed by atoms with van der Waals surface area (Å²) in [6.07, 6.45) is -5.19. The number of halogens is 4. The zero-order valence-corrected chi connectivity index (χ0v) is 14.4. The normalized spacial score (nSPS) is 14.8. The van der Waals surface area contributed by atoms with Crippen LogP contribution in [-0.4, -0.2) is 36.7 Å². The molecule has 0 fully saturated rings. The van der Waals surface area contributed by atoms with Gasteiger partial charge in [-0.1, -0.05) is 27.7 Å². The number of carbonyl (C=O) groups is 2. The molecular formula is C14H28F4N4O2. The molecule has 0 rings (SSSR count). The summed E-state index contributed by atoms with van der Waals surface area (Å²) in [4.78, 5) is 20.9. The van der Waals surface area contributed by atoms with Crippen LogP contribution >= 0.6 is 0 Å². The fraction of sp³-hybridized carbons (Fsp3) is 0.857. The Bertz CT molecular complexity index is 380. The number of amides is 2. The van der Waals surface area contributed by atoms with E-state index in [-0.39, 0.29) is 12.8 Å². The van der Waals surface area contributed by atoms with Crippen LogP contribution in [0.3, 0.4) is 0 Å². The summed E-state index contributed by atoms with van der Waals surface area (Å²) in [5.74, 6) is -1.49. The first-order valence-corrected chi connectivity index (χ1v) is 7.20. The van der Waals surface area contributed by atoms with Crippen molar-refractivity contribution in [2.75, 3.05) is 0 Å². The Morgan fingerprint density at radius 1 is 0.750 bits per heavy atom. The smallest absolute Gasteiger partial charge is 0.243 e. The van der Waals surface area contributed by atoms with Crippen molar-refractivity contribution in [1.82, 2.24) is 0 Å². The van der Waals surface area contributed by atoms with E-state index in [4.69, 9.17) is 22.9 Å². The number of nitrogens with two attached hydrogens (primary N) is 4. The molecular weight excluding hydrogens is 332 g/mol. The lowest BCUT2D eigenvalue weighted by Gasteiger charge is -2.25. The van der Waals surface area contributed by atoms with Crippen molar-refractivity contribution in [3.8, 4) is 0 Å². The minimum absolute atomic E-state index is 0.0972. The van der Waals surface area contributed by atoms with E-state index >= 15 is 0 Å². The first-order chi connectivity index (χ1) is 10.5. The molecule has 0 saturated carbocycles. The van der Waals surface area contributed by atoms with Gasteiger partial charge >= 0.3 is 0 Å². The molecule has 0 aromatic heterocycles. The van der Waals surface area contributed by atoms with Crippen LogP contribution in [0.15, 0.2) is 0 Å². The minimum Gasteiger partial charge on any atom is -0.368 e. The summed E-state index contributed by atoms with van der Waals surface area (Å²) in [6, 6.07) is -1.98. The van der Waals surface area contributed by atoms with Gasteiger partial charge in [0.15, 0.2) is 0 Å². The highest BCUT2D eigenvalue weighted by molar-refractivity contribution is 5.79. The summed E-state index contributed by atoms with van der Waals surface area (Å²) in [5, 5.41) is 0. The zero-order valence-electron chi connectivity index (χ0n) is 14.4. The lowest BCUT2D eigenvalue weighted by Crippen LogP contribution is -2.41. The number of rotatable bonds is 8. The summed E-state index contributed by atoms with van der Waals surface area (Å²) < 4.78 is 48.9. The average Bonchev–Trinajstić information content (AvgIpc) is 2.37. The lowest BCUT2D eigenvalue weighted by atomic mass is 9.86. The third-order valence-corrected chi connectivity index (χ3v) is 3.40. The molecule has 8 N–H and O–H groups in total. The predicted octanol–water partition coefficient (Wildman–Crippen LogP) is 0.961.